The topological polar surface area (TPSA) is 76.5 Å². The van der Waals surface area contributed by atoms with Crippen LogP contribution in [-0.2, 0) is 9.47 Å². The minimum Gasteiger partial charge on any atom is -0.408 e. The predicted octanol–water partition coefficient (Wildman–Crippen LogP) is 1.19. The van der Waals surface area contributed by atoms with E-state index >= 15 is 0 Å². The zero-order valence-corrected chi connectivity index (χ0v) is 11.3. The molecule has 6 heteroatoms. The number of rotatable bonds is 4. The molecule has 2 unspecified atom stereocenters. The van der Waals surface area contributed by atoms with Crippen LogP contribution in [0.4, 0.5) is 0 Å². The largest absolute Gasteiger partial charge is 0.417 e. The molecule has 2 heterocycles. The van der Waals surface area contributed by atoms with Crippen molar-refractivity contribution in [1.29, 1.82) is 0 Å². The second kappa shape index (κ2) is 5.78. The van der Waals surface area contributed by atoms with Crippen molar-refractivity contribution in [3.8, 4) is 0 Å². The lowest BCUT2D eigenvalue weighted by Crippen LogP contribution is -2.40. The number of fused-ring (bicyclic) bond motifs is 1. The van der Waals surface area contributed by atoms with Crippen LogP contribution in [0.5, 0.6) is 0 Å². The first-order chi connectivity index (χ1) is 9.78. The van der Waals surface area contributed by atoms with Gasteiger partial charge in [0, 0.05) is 0 Å². The molecule has 0 saturated carbocycles. The standard InChI is InChI=1S/C14H18N2O4/c1-2-15-13(12-8-18-5-6-19-12)9-3-4-10-11(7-9)20-14(17)16-10/h3-4,7,12-13,15H,2,5-6,8H2,1H3,(H,16,17). The molecule has 108 valence electrons. The van der Waals surface area contributed by atoms with Gasteiger partial charge in [-0.3, -0.25) is 4.98 Å². The van der Waals surface area contributed by atoms with Crippen LogP contribution in [0.15, 0.2) is 27.4 Å². The van der Waals surface area contributed by atoms with E-state index in [4.69, 9.17) is 13.9 Å². The van der Waals surface area contributed by atoms with E-state index in [2.05, 4.69) is 10.3 Å². The number of benzene rings is 1. The van der Waals surface area contributed by atoms with E-state index < -0.39 is 5.76 Å². The van der Waals surface area contributed by atoms with Crippen LogP contribution in [0.25, 0.3) is 11.1 Å². The van der Waals surface area contributed by atoms with Gasteiger partial charge < -0.3 is 19.2 Å². The molecule has 0 aliphatic carbocycles. The van der Waals surface area contributed by atoms with Gasteiger partial charge in [0.05, 0.1) is 31.4 Å². The number of ether oxygens (including phenoxy) is 2. The third kappa shape index (κ3) is 2.63. The molecule has 1 aliphatic heterocycles. The van der Waals surface area contributed by atoms with Crippen molar-refractivity contribution in [2.75, 3.05) is 26.4 Å². The lowest BCUT2D eigenvalue weighted by molar-refractivity contribution is -0.102. The summed E-state index contributed by atoms with van der Waals surface area (Å²) in [6.45, 7) is 4.67. The van der Waals surface area contributed by atoms with Gasteiger partial charge in [-0.05, 0) is 24.2 Å². The monoisotopic (exact) mass is 278 g/mol. The first-order valence-corrected chi connectivity index (χ1v) is 6.83. The number of H-pyrrole nitrogens is 1. The third-order valence-electron chi connectivity index (χ3n) is 3.44. The van der Waals surface area contributed by atoms with Crippen LogP contribution < -0.4 is 11.1 Å². The molecule has 2 N–H and O–H groups in total. The van der Waals surface area contributed by atoms with Crippen LogP contribution in [0, 0.1) is 0 Å². The molecule has 2 atom stereocenters. The summed E-state index contributed by atoms with van der Waals surface area (Å²) >= 11 is 0. The summed E-state index contributed by atoms with van der Waals surface area (Å²) in [6.07, 6.45) is -0.0354. The number of likely N-dealkylation sites (N-methyl/N-ethyl adjacent to an activating group) is 1. The molecule has 3 rings (SSSR count). The highest BCUT2D eigenvalue weighted by molar-refractivity contribution is 5.72. The molecule has 0 bridgehead atoms. The van der Waals surface area contributed by atoms with Crippen molar-refractivity contribution in [1.82, 2.24) is 10.3 Å². The molecule has 1 aromatic carbocycles. The second-order valence-corrected chi connectivity index (χ2v) is 4.79. The Kier molecular flexibility index (Phi) is 3.86. The number of aromatic nitrogens is 1. The van der Waals surface area contributed by atoms with Crippen LogP contribution in [0.2, 0.25) is 0 Å². The molecule has 1 saturated heterocycles. The highest BCUT2D eigenvalue weighted by Crippen LogP contribution is 2.24. The van der Waals surface area contributed by atoms with E-state index in [1.165, 1.54) is 0 Å². The predicted molar refractivity (Wildman–Crippen MR) is 73.8 cm³/mol. The average molecular weight is 278 g/mol. The van der Waals surface area contributed by atoms with E-state index in [0.29, 0.717) is 30.9 Å². The number of nitrogens with one attached hydrogen (secondary N) is 2. The molecule has 1 fully saturated rings. The first-order valence-electron chi connectivity index (χ1n) is 6.83. The van der Waals surface area contributed by atoms with Gasteiger partial charge in [-0.15, -0.1) is 0 Å². The van der Waals surface area contributed by atoms with Crippen LogP contribution in [0.1, 0.15) is 18.5 Å². The molecule has 1 aromatic heterocycles. The first kappa shape index (κ1) is 13.4. The summed E-state index contributed by atoms with van der Waals surface area (Å²) in [5.41, 5.74) is 2.29. The molecule has 20 heavy (non-hydrogen) atoms. The van der Waals surface area contributed by atoms with Gasteiger partial charge in [0.1, 0.15) is 6.10 Å². The lowest BCUT2D eigenvalue weighted by Gasteiger charge is -2.31. The maximum absolute atomic E-state index is 11.2. The van der Waals surface area contributed by atoms with Gasteiger partial charge in [0.15, 0.2) is 5.58 Å². The number of oxazole rings is 1. The van der Waals surface area contributed by atoms with Crippen molar-refractivity contribution in [2.24, 2.45) is 0 Å². The Balaban J connectivity index is 1.92. The van der Waals surface area contributed by atoms with Crippen molar-refractivity contribution >= 4 is 11.1 Å². The van der Waals surface area contributed by atoms with Crippen molar-refractivity contribution in [2.45, 2.75) is 19.1 Å². The maximum Gasteiger partial charge on any atom is 0.417 e. The van der Waals surface area contributed by atoms with E-state index in [-0.39, 0.29) is 12.1 Å². The maximum atomic E-state index is 11.2. The molecular formula is C14H18N2O4. The Labute approximate surface area is 116 Å². The molecule has 0 amide bonds. The lowest BCUT2D eigenvalue weighted by atomic mass is 10.0. The highest BCUT2D eigenvalue weighted by Gasteiger charge is 2.26. The summed E-state index contributed by atoms with van der Waals surface area (Å²) < 4.78 is 16.4. The van der Waals surface area contributed by atoms with E-state index in [0.717, 1.165) is 12.1 Å². The Hall–Kier alpha value is -1.63. The Morgan fingerprint density at radius 2 is 2.35 bits per heavy atom. The number of hydrogen-bond acceptors (Lipinski definition) is 5. The van der Waals surface area contributed by atoms with Gasteiger partial charge in [-0.25, -0.2) is 4.79 Å². The van der Waals surface area contributed by atoms with E-state index in [1.54, 1.807) is 0 Å². The fraction of sp³-hybridized carbons (Fsp3) is 0.500. The Morgan fingerprint density at radius 1 is 1.45 bits per heavy atom. The summed E-state index contributed by atoms with van der Waals surface area (Å²) in [6, 6.07) is 5.71. The summed E-state index contributed by atoms with van der Waals surface area (Å²) in [5.74, 6) is -0.436. The van der Waals surface area contributed by atoms with Crippen molar-refractivity contribution < 1.29 is 13.9 Å². The van der Waals surface area contributed by atoms with Crippen molar-refractivity contribution in [3.05, 3.63) is 34.3 Å². The van der Waals surface area contributed by atoms with Gasteiger partial charge >= 0.3 is 5.76 Å². The normalized spacial score (nSPS) is 21.1. The fourth-order valence-electron chi connectivity index (χ4n) is 2.54. The SMILES string of the molecule is CCNC(c1ccc2[nH]c(=O)oc2c1)C1COCCO1. The summed E-state index contributed by atoms with van der Waals surface area (Å²) in [7, 11) is 0. The molecule has 1 aliphatic rings. The van der Waals surface area contributed by atoms with Gasteiger partial charge in [-0.1, -0.05) is 13.0 Å². The van der Waals surface area contributed by atoms with Crippen LogP contribution >= 0.6 is 0 Å². The van der Waals surface area contributed by atoms with Gasteiger partial charge in [0.25, 0.3) is 0 Å². The van der Waals surface area contributed by atoms with Crippen molar-refractivity contribution in [3.63, 3.8) is 0 Å². The highest BCUT2D eigenvalue weighted by atomic mass is 16.6. The number of hydrogen-bond donors (Lipinski definition) is 2. The summed E-state index contributed by atoms with van der Waals surface area (Å²) in [5, 5.41) is 3.41. The molecular weight excluding hydrogens is 260 g/mol. The van der Waals surface area contributed by atoms with Gasteiger partial charge in [0.2, 0.25) is 0 Å². The number of aromatic amines is 1. The second-order valence-electron chi connectivity index (χ2n) is 4.79. The van der Waals surface area contributed by atoms with Crippen LogP contribution in [0.3, 0.4) is 0 Å². The molecule has 0 spiro atoms. The molecule has 6 nitrogen and oxygen atoms in total. The minimum atomic E-state index is -0.436. The van der Waals surface area contributed by atoms with E-state index in [1.807, 2.05) is 25.1 Å². The Bertz CT molecular complexity index is 627. The quantitative estimate of drug-likeness (QED) is 0.878. The van der Waals surface area contributed by atoms with Gasteiger partial charge in [-0.2, -0.15) is 0 Å². The smallest absolute Gasteiger partial charge is 0.408 e. The average Bonchev–Trinajstić information content (AvgIpc) is 2.84. The zero-order valence-electron chi connectivity index (χ0n) is 11.3. The summed E-state index contributed by atoms with van der Waals surface area (Å²) in [4.78, 5) is 13.9. The molecule has 0 radical (unpaired) electrons. The molecule has 2 aromatic rings. The zero-order chi connectivity index (χ0) is 13.9. The van der Waals surface area contributed by atoms with Crippen LogP contribution in [-0.4, -0.2) is 37.5 Å². The third-order valence-corrected chi connectivity index (χ3v) is 3.44. The Morgan fingerprint density at radius 3 is 3.10 bits per heavy atom. The fourth-order valence-corrected chi connectivity index (χ4v) is 2.54. The minimum absolute atomic E-state index is 0.0184. The van der Waals surface area contributed by atoms with E-state index in [9.17, 15) is 4.79 Å².